The second-order valence-electron chi connectivity index (χ2n) is 11.5. The monoisotopic (exact) mass is 475 g/mol. The number of fused-ring (bicyclic) bond motifs is 4. The van der Waals surface area contributed by atoms with Crippen LogP contribution in [0.5, 0.6) is 0 Å². The average molecular weight is 476 g/mol. The predicted molar refractivity (Wildman–Crippen MR) is 136 cm³/mol. The number of carbonyl (C=O) groups excluding carboxylic acids is 3. The van der Waals surface area contributed by atoms with Gasteiger partial charge < -0.3 is 9.64 Å². The summed E-state index contributed by atoms with van der Waals surface area (Å²) in [5.74, 6) is 0.584. The van der Waals surface area contributed by atoms with E-state index in [0.717, 1.165) is 37.8 Å². The first-order chi connectivity index (χ1) is 16.6. The molecule has 0 heterocycles. The van der Waals surface area contributed by atoms with E-state index in [0.29, 0.717) is 18.8 Å². The number of nitrogens with zero attached hydrogens (tertiary/aromatic N) is 1. The fourth-order valence-electron chi connectivity index (χ4n) is 8.02. The summed E-state index contributed by atoms with van der Waals surface area (Å²) in [6, 6.07) is 8.76. The summed E-state index contributed by atoms with van der Waals surface area (Å²) in [6.07, 6.45) is 7.41. The van der Waals surface area contributed by atoms with E-state index in [9.17, 15) is 14.4 Å². The summed E-state index contributed by atoms with van der Waals surface area (Å²) in [7, 11) is 4.08. The molecule has 1 aromatic rings. The number of hydrogen-bond donors (Lipinski definition) is 0. The zero-order valence-corrected chi connectivity index (χ0v) is 21.6. The fraction of sp³-hybridized carbons (Fsp3) is 0.567. The van der Waals surface area contributed by atoms with Gasteiger partial charge in [0.25, 0.3) is 0 Å². The van der Waals surface area contributed by atoms with Gasteiger partial charge in [0.1, 0.15) is 0 Å². The maximum atomic E-state index is 13.2. The third-order valence-corrected chi connectivity index (χ3v) is 9.55. The van der Waals surface area contributed by atoms with Crippen LogP contribution in [-0.2, 0) is 19.1 Å². The number of rotatable bonds is 4. The lowest BCUT2D eigenvalue weighted by atomic mass is 9.50. The third-order valence-electron chi connectivity index (χ3n) is 9.55. The number of benzene rings is 1. The van der Waals surface area contributed by atoms with Crippen molar-refractivity contribution in [3.63, 3.8) is 0 Å². The van der Waals surface area contributed by atoms with Gasteiger partial charge in [0.05, 0.1) is 0 Å². The van der Waals surface area contributed by atoms with Gasteiger partial charge in [-0.1, -0.05) is 24.6 Å². The van der Waals surface area contributed by atoms with Crippen molar-refractivity contribution in [3.05, 3.63) is 52.6 Å². The molecule has 0 amide bonds. The van der Waals surface area contributed by atoms with Crippen molar-refractivity contribution in [2.45, 2.75) is 77.2 Å². The second-order valence-corrected chi connectivity index (χ2v) is 11.5. The number of esters is 1. The number of ketones is 2. The second kappa shape index (κ2) is 8.46. The summed E-state index contributed by atoms with van der Waals surface area (Å²) in [4.78, 5) is 39.8. The first kappa shape index (κ1) is 24.0. The van der Waals surface area contributed by atoms with Crippen LogP contribution in [-0.4, -0.2) is 37.2 Å². The van der Waals surface area contributed by atoms with Crippen molar-refractivity contribution < 1.29 is 19.1 Å². The van der Waals surface area contributed by atoms with Gasteiger partial charge in [0, 0.05) is 44.5 Å². The first-order valence-electron chi connectivity index (χ1n) is 13.0. The van der Waals surface area contributed by atoms with Gasteiger partial charge in [0.15, 0.2) is 17.2 Å². The van der Waals surface area contributed by atoms with E-state index in [1.807, 2.05) is 20.2 Å². The van der Waals surface area contributed by atoms with Gasteiger partial charge in [-0.2, -0.15) is 0 Å². The van der Waals surface area contributed by atoms with E-state index in [4.69, 9.17) is 4.74 Å². The van der Waals surface area contributed by atoms with Gasteiger partial charge in [-0.25, -0.2) is 0 Å². The SMILES string of the molecule is CC(=O)O[C@@]1(C(C)=O)CCC2C3CCC4=CC(=O)CCC4=C3[C@@H](c3ccc(N(C)C)cc3)C[C@@]21C. The van der Waals surface area contributed by atoms with Gasteiger partial charge in [-0.3, -0.25) is 14.4 Å². The molecule has 4 aliphatic rings. The average Bonchev–Trinajstić information content (AvgIpc) is 3.10. The smallest absolute Gasteiger partial charge is 0.303 e. The van der Waals surface area contributed by atoms with E-state index in [1.54, 1.807) is 6.92 Å². The molecule has 0 spiro atoms. The lowest BCUT2D eigenvalue weighted by Gasteiger charge is -2.55. The van der Waals surface area contributed by atoms with Crippen LogP contribution in [0, 0.1) is 17.3 Å². The standard InChI is InChI=1S/C30H37NO4/c1-18(32)30(35-19(2)33)15-14-27-25-12-8-21-16-23(34)11-13-24(21)28(25)26(17-29(27,30)3)20-6-9-22(10-7-20)31(4)5/h6-7,9-10,16,25-27H,8,11-15,17H2,1-5H3/t25?,26-,27?,29+,30-/m1/s1. The van der Waals surface area contributed by atoms with E-state index in [1.165, 1.54) is 29.2 Å². The van der Waals surface area contributed by atoms with Crippen molar-refractivity contribution in [1.29, 1.82) is 0 Å². The molecule has 5 atom stereocenters. The van der Waals surface area contributed by atoms with Crippen LogP contribution in [0.2, 0.25) is 0 Å². The highest BCUT2D eigenvalue weighted by molar-refractivity contribution is 5.93. The maximum Gasteiger partial charge on any atom is 0.303 e. The number of allylic oxidation sites excluding steroid dienone is 4. The molecule has 1 aromatic carbocycles. The molecule has 2 fully saturated rings. The normalized spacial score (nSPS) is 33.9. The lowest BCUT2D eigenvalue weighted by molar-refractivity contribution is -0.182. The largest absolute Gasteiger partial charge is 0.451 e. The highest BCUT2D eigenvalue weighted by Crippen LogP contribution is 2.67. The summed E-state index contributed by atoms with van der Waals surface area (Å²) in [5, 5.41) is 0. The Labute approximate surface area is 208 Å². The van der Waals surface area contributed by atoms with E-state index >= 15 is 0 Å². The molecule has 4 aliphatic carbocycles. The Kier molecular flexibility index (Phi) is 5.81. The molecule has 0 aromatic heterocycles. The maximum absolute atomic E-state index is 13.2. The first-order valence-corrected chi connectivity index (χ1v) is 13.0. The van der Waals surface area contributed by atoms with Crippen LogP contribution < -0.4 is 4.90 Å². The van der Waals surface area contributed by atoms with Gasteiger partial charge in [-0.05, 0) is 92.2 Å². The summed E-state index contributed by atoms with van der Waals surface area (Å²) in [6.45, 7) is 5.22. The van der Waals surface area contributed by atoms with Crippen LogP contribution in [0.15, 0.2) is 47.1 Å². The Morgan fingerprint density at radius 1 is 1.03 bits per heavy atom. The zero-order valence-electron chi connectivity index (χ0n) is 21.6. The van der Waals surface area contributed by atoms with Gasteiger partial charge >= 0.3 is 5.97 Å². The van der Waals surface area contributed by atoms with Gasteiger partial charge in [-0.15, -0.1) is 0 Å². The number of ether oxygens (including phenoxy) is 1. The van der Waals surface area contributed by atoms with E-state index in [-0.39, 0.29) is 29.4 Å². The van der Waals surface area contributed by atoms with Crippen LogP contribution >= 0.6 is 0 Å². The quantitative estimate of drug-likeness (QED) is 0.535. The molecular weight excluding hydrogens is 438 g/mol. The topological polar surface area (TPSA) is 63.7 Å². The van der Waals surface area contributed by atoms with Crippen molar-refractivity contribution >= 4 is 23.2 Å². The molecule has 5 heteroatoms. The third kappa shape index (κ3) is 3.61. The molecule has 0 bridgehead atoms. The molecule has 2 saturated carbocycles. The predicted octanol–water partition coefficient (Wildman–Crippen LogP) is 5.54. The zero-order chi connectivity index (χ0) is 25.1. The number of Topliss-reactive ketones (excluding diaryl/α,β-unsaturated/α-hetero) is 1. The number of carbonyl (C=O) groups is 3. The molecule has 5 nitrogen and oxygen atoms in total. The highest BCUT2D eigenvalue weighted by atomic mass is 16.6. The molecule has 186 valence electrons. The number of anilines is 1. The molecule has 2 unspecified atom stereocenters. The van der Waals surface area contributed by atoms with E-state index < -0.39 is 11.0 Å². The van der Waals surface area contributed by atoms with Crippen molar-refractivity contribution in [2.24, 2.45) is 17.3 Å². The molecule has 0 N–H and O–H groups in total. The Hall–Kier alpha value is -2.69. The van der Waals surface area contributed by atoms with Crippen molar-refractivity contribution in [3.8, 4) is 0 Å². The Morgan fingerprint density at radius 3 is 2.37 bits per heavy atom. The lowest BCUT2D eigenvalue weighted by Crippen LogP contribution is -2.57. The Balaban J connectivity index is 1.68. The molecular formula is C30H37NO4. The highest BCUT2D eigenvalue weighted by Gasteiger charge is 2.67. The molecule has 5 rings (SSSR count). The molecule has 0 radical (unpaired) electrons. The molecule has 35 heavy (non-hydrogen) atoms. The van der Waals surface area contributed by atoms with Crippen LogP contribution in [0.4, 0.5) is 5.69 Å². The Bertz CT molecular complexity index is 1140. The summed E-state index contributed by atoms with van der Waals surface area (Å²) >= 11 is 0. The van der Waals surface area contributed by atoms with Crippen molar-refractivity contribution in [1.82, 2.24) is 0 Å². The fourth-order valence-corrected chi connectivity index (χ4v) is 8.02. The minimum atomic E-state index is -1.07. The van der Waals surface area contributed by atoms with Crippen LogP contribution in [0.1, 0.15) is 77.2 Å². The summed E-state index contributed by atoms with van der Waals surface area (Å²) < 4.78 is 6.00. The molecule has 0 saturated heterocycles. The van der Waals surface area contributed by atoms with Crippen LogP contribution in [0.25, 0.3) is 0 Å². The number of hydrogen-bond acceptors (Lipinski definition) is 5. The molecule has 0 aliphatic heterocycles. The minimum absolute atomic E-state index is 0.0323. The van der Waals surface area contributed by atoms with E-state index in [2.05, 4.69) is 36.1 Å². The van der Waals surface area contributed by atoms with Gasteiger partial charge in [0.2, 0.25) is 0 Å². The minimum Gasteiger partial charge on any atom is -0.451 e. The van der Waals surface area contributed by atoms with Crippen molar-refractivity contribution in [2.75, 3.05) is 19.0 Å². The van der Waals surface area contributed by atoms with Crippen LogP contribution in [0.3, 0.4) is 0 Å². The Morgan fingerprint density at radius 2 is 1.74 bits per heavy atom. The summed E-state index contributed by atoms with van der Waals surface area (Å²) in [5.41, 5.74) is 4.98.